The van der Waals surface area contributed by atoms with Gasteiger partial charge in [-0.15, -0.1) is 0 Å². The molecule has 0 amide bonds. The molecular weight excluding hydrogens is 214 g/mol. The molecule has 2 rings (SSSR count). The number of likely N-dealkylation sites (tertiary alicyclic amines) is 1. The summed E-state index contributed by atoms with van der Waals surface area (Å²) in [6.07, 6.45) is 8.14. The fourth-order valence-electron chi connectivity index (χ4n) is 3.44. The highest BCUT2D eigenvalue weighted by Crippen LogP contribution is 2.45. The first-order chi connectivity index (χ1) is 8.24. The first-order valence-corrected chi connectivity index (χ1v) is 7.22. The molecule has 0 aromatic carbocycles. The smallest absolute Gasteiger partial charge is 0.0900 e. The monoisotopic (exact) mass is 241 g/mol. The van der Waals surface area contributed by atoms with Crippen LogP contribution in [0.3, 0.4) is 0 Å². The quantitative estimate of drug-likeness (QED) is 0.799. The van der Waals surface area contributed by atoms with E-state index in [1.165, 1.54) is 51.6 Å². The standard InChI is InChI=1S/C14H27NO2/c1-2-17-12-13(16)11-15-9-7-14(8-10-15)5-3-4-6-14/h13,16H,2-12H2,1H3. The lowest BCUT2D eigenvalue weighted by atomic mass is 9.77. The van der Waals surface area contributed by atoms with Gasteiger partial charge in [-0.05, 0) is 51.1 Å². The number of piperidine rings is 1. The fraction of sp³-hybridized carbons (Fsp3) is 1.00. The summed E-state index contributed by atoms with van der Waals surface area (Å²) in [7, 11) is 0. The van der Waals surface area contributed by atoms with Crippen LogP contribution in [0, 0.1) is 5.41 Å². The summed E-state index contributed by atoms with van der Waals surface area (Å²) in [6.45, 7) is 6.28. The van der Waals surface area contributed by atoms with E-state index in [1.54, 1.807) is 0 Å². The predicted octanol–water partition coefficient (Wildman–Crippen LogP) is 2.04. The van der Waals surface area contributed by atoms with E-state index in [9.17, 15) is 5.11 Å². The molecule has 2 fully saturated rings. The number of aliphatic hydroxyl groups excluding tert-OH is 1. The van der Waals surface area contributed by atoms with E-state index < -0.39 is 0 Å². The Morgan fingerprint density at radius 1 is 1.18 bits per heavy atom. The van der Waals surface area contributed by atoms with Crippen molar-refractivity contribution in [2.45, 2.75) is 51.6 Å². The predicted molar refractivity (Wildman–Crippen MR) is 69.1 cm³/mol. The Hall–Kier alpha value is -0.120. The summed E-state index contributed by atoms with van der Waals surface area (Å²) in [5, 5.41) is 9.82. The molecule has 0 aromatic rings. The highest BCUT2D eigenvalue weighted by atomic mass is 16.5. The molecule has 1 spiro atoms. The van der Waals surface area contributed by atoms with Crippen molar-refractivity contribution < 1.29 is 9.84 Å². The van der Waals surface area contributed by atoms with E-state index in [-0.39, 0.29) is 6.10 Å². The maximum absolute atomic E-state index is 9.82. The molecule has 1 N–H and O–H groups in total. The summed E-state index contributed by atoms with van der Waals surface area (Å²) in [5.41, 5.74) is 0.682. The minimum absolute atomic E-state index is 0.312. The van der Waals surface area contributed by atoms with Gasteiger partial charge < -0.3 is 14.7 Å². The third-order valence-electron chi connectivity index (χ3n) is 4.56. The highest BCUT2D eigenvalue weighted by Gasteiger charge is 2.36. The molecule has 1 heterocycles. The molecule has 1 saturated carbocycles. The van der Waals surface area contributed by atoms with Gasteiger partial charge in [-0.25, -0.2) is 0 Å². The van der Waals surface area contributed by atoms with E-state index in [1.807, 2.05) is 6.92 Å². The third kappa shape index (κ3) is 3.67. The summed E-state index contributed by atoms with van der Waals surface area (Å²) in [6, 6.07) is 0. The maximum Gasteiger partial charge on any atom is 0.0900 e. The molecule has 1 aliphatic carbocycles. The molecule has 0 bridgehead atoms. The van der Waals surface area contributed by atoms with Gasteiger partial charge in [0.15, 0.2) is 0 Å². The number of ether oxygens (including phenoxy) is 1. The van der Waals surface area contributed by atoms with E-state index in [4.69, 9.17) is 4.74 Å². The second-order valence-electron chi connectivity index (χ2n) is 5.82. The zero-order valence-corrected chi connectivity index (χ0v) is 11.2. The zero-order valence-electron chi connectivity index (χ0n) is 11.2. The largest absolute Gasteiger partial charge is 0.389 e. The van der Waals surface area contributed by atoms with Crippen LogP contribution in [-0.2, 0) is 4.74 Å². The molecule has 1 saturated heterocycles. The van der Waals surface area contributed by atoms with Crippen LogP contribution < -0.4 is 0 Å². The molecule has 17 heavy (non-hydrogen) atoms. The van der Waals surface area contributed by atoms with Gasteiger partial charge in [0.2, 0.25) is 0 Å². The Balaban J connectivity index is 1.68. The average Bonchev–Trinajstić information content (AvgIpc) is 2.79. The summed E-state index contributed by atoms with van der Waals surface area (Å²) in [5.74, 6) is 0. The lowest BCUT2D eigenvalue weighted by molar-refractivity contribution is 0.00659. The SMILES string of the molecule is CCOCC(O)CN1CCC2(CCCC2)CC1. The van der Waals surface area contributed by atoms with Crippen LogP contribution in [0.4, 0.5) is 0 Å². The fourth-order valence-corrected chi connectivity index (χ4v) is 3.44. The average molecular weight is 241 g/mol. The number of nitrogens with zero attached hydrogens (tertiary/aromatic N) is 1. The molecule has 3 nitrogen and oxygen atoms in total. The first kappa shape index (κ1) is 13.3. The molecular formula is C14H27NO2. The Kier molecular flexibility index (Phi) is 4.83. The van der Waals surface area contributed by atoms with Crippen molar-refractivity contribution in [3.05, 3.63) is 0 Å². The van der Waals surface area contributed by atoms with Crippen molar-refractivity contribution in [1.82, 2.24) is 4.90 Å². The Morgan fingerprint density at radius 3 is 2.41 bits per heavy atom. The molecule has 1 atom stereocenters. The van der Waals surface area contributed by atoms with Crippen LogP contribution in [0.25, 0.3) is 0 Å². The second-order valence-corrected chi connectivity index (χ2v) is 5.82. The summed E-state index contributed by atoms with van der Waals surface area (Å²) in [4.78, 5) is 2.41. The number of β-amino-alcohol motifs (C(OH)–C–C–N with tert-alkyl or cyclic N) is 1. The topological polar surface area (TPSA) is 32.7 Å². The van der Waals surface area contributed by atoms with Crippen molar-refractivity contribution in [2.75, 3.05) is 32.8 Å². The van der Waals surface area contributed by atoms with Crippen LogP contribution in [-0.4, -0.2) is 49.0 Å². The van der Waals surface area contributed by atoms with Gasteiger partial charge in [0, 0.05) is 13.2 Å². The lowest BCUT2D eigenvalue weighted by Crippen LogP contribution is -2.43. The van der Waals surface area contributed by atoms with Crippen molar-refractivity contribution in [1.29, 1.82) is 0 Å². The van der Waals surface area contributed by atoms with Gasteiger partial charge in [-0.2, -0.15) is 0 Å². The van der Waals surface area contributed by atoms with E-state index in [2.05, 4.69) is 4.90 Å². The van der Waals surface area contributed by atoms with Crippen LogP contribution in [0.5, 0.6) is 0 Å². The summed E-state index contributed by atoms with van der Waals surface area (Å²) < 4.78 is 5.25. The van der Waals surface area contributed by atoms with Crippen molar-refractivity contribution in [2.24, 2.45) is 5.41 Å². The van der Waals surface area contributed by atoms with Crippen LogP contribution >= 0.6 is 0 Å². The van der Waals surface area contributed by atoms with Gasteiger partial charge in [0.25, 0.3) is 0 Å². The number of hydrogen-bond acceptors (Lipinski definition) is 3. The third-order valence-corrected chi connectivity index (χ3v) is 4.56. The molecule has 3 heteroatoms. The Morgan fingerprint density at radius 2 is 1.82 bits per heavy atom. The minimum Gasteiger partial charge on any atom is -0.389 e. The zero-order chi connectivity index (χ0) is 12.1. The molecule has 0 radical (unpaired) electrons. The lowest BCUT2D eigenvalue weighted by Gasteiger charge is -2.40. The second kappa shape index (κ2) is 6.17. The molecule has 2 aliphatic rings. The maximum atomic E-state index is 9.82. The minimum atomic E-state index is -0.312. The molecule has 1 unspecified atom stereocenters. The Bertz CT molecular complexity index is 216. The Labute approximate surface area is 105 Å². The van der Waals surface area contributed by atoms with Crippen LogP contribution in [0.15, 0.2) is 0 Å². The normalized spacial score (nSPS) is 26.5. The first-order valence-electron chi connectivity index (χ1n) is 7.22. The van der Waals surface area contributed by atoms with Crippen LogP contribution in [0.2, 0.25) is 0 Å². The van der Waals surface area contributed by atoms with Gasteiger partial charge in [-0.1, -0.05) is 12.8 Å². The van der Waals surface area contributed by atoms with Crippen molar-refractivity contribution in [3.63, 3.8) is 0 Å². The van der Waals surface area contributed by atoms with E-state index in [0.29, 0.717) is 18.6 Å². The van der Waals surface area contributed by atoms with Gasteiger partial charge in [-0.3, -0.25) is 0 Å². The van der Waals surface area contributed by atoms with Crippen molar-refractivity contribution >= 4 is 0 Å². The molecule has 100 valence electrons. The number of rotatable bonds is 5. The van der Waals surface area contributed by atoms with Crippen molar-refractivity contribution in [3.8, 4) is 0 Å². The highest BCUT2D eigenvalue weighted by molar-refractivity contribution is 4.89. The molecule has 1 aliphatic heterocycles. The van der Waals surface area contributed by atoms with Crippen LogP contribution in [0.1, 0.15) is 45.4 Å². The van der Waals surface area contributed by atoms with E-state index >= 15 is 0 Å². The van der Waals surface area contributed by atoms with Gasteiger partial charge in [0.05, 0.1) is 12.7 Å². The number of hydrogen-bond donors (Lipinski definition) is 1. The summed E-state index contributed by atoms with van der Waals surface area (Å²) >= 11 is 0. The van der Waals surface area contributed by atoms with Gasteiger partial charge in [0.1, 0.15) is 0 Å². The van der Waals surface area contributed by atoms with Gasteiger partial charge >= 0.3 is 0 Å². The van der Waals surface area contributed by atoms with E-state index in [0.717, 1.165) is 6.54 Å². The number of aliphatic hydroxyl groups is 1. The molecule has 0 aromatic heterocycles.